The average molecular weight is 388 g/mol. The number of nitrogens with zero attached hydrogens (tertiary/aromatic N) is 4. The fraction of sp³-hybridized carbons (Fsp3) is 0.353. The lowest BCUT2D eigenvalue weighted by molar-refractivity contribution is -0.132. The Bertz CT molecular complexity index is 775. The summed E-state index contributed by atoms with van der Waals surface area (Å²) in [6.07, 6.45) is 3.37. The van der Waals surface area contributed by atoms with Gasteiger partial charge in [0.1, 0.15) is 0 Å². The van der Waals surface area contributed by atoms with Crippen molar-refractivity contribution in [2.24, 2.45) is 0 Å². The molecule has 1 aliphatic heterocycles. The van der Waals surface area contributed by atoms with Crippen molar-refractivity contribution in [1.29, 1.82) is 0 Å². The highest BCUT2D eigenvalue weighted by atomic mass is 32.1. The third-order valence-corrected chi connectivity index (χ3v) is 4.93. The molecule has 0 spiro atoms. The van der Waals surface area contributed by atoms with Crippen LogP contribution in [0.1, 0.15) is 9.67 Å². The number of thiophene rings is 1. The molecular formula is C17H20N6O3S. The van der Waals surface area contributed by atoms with Crippen LogP contribution in [-0.2, 0) is 9.59 Å². The summed E-state index contributed by atoms with van der Waals surface area (Å²) < 4.78 is 0. The van der Waals surface area contributed by atoms with Crippen molar-refractivity contribution in [3.8, 4) is 0 Å². The lowest BCUT2D eigenvalue weighted by Crippen LogP contribution is -2.52. The minimum absolute atomic E-state index is 0.0878. The van der Waals surface area contributed by atoms with Crippen molar-refractivity contribution in [2.45, 2.75) is 0 Å². The predicted octanol–water partition coefficient (Wildman–Crippen LogP) is -0.267. The van der Waals surface area contributed by atoms with Gasteiger partial charge in [0.25, 0.3) is 5.91 Å². The fourth-order valence-electron chi connectivity index (χ4n) is 2.61. The average Bonchev–Trinajstić information content (AvgIpc) is 3.26. The molecule has 0 radical (unpaired) electrons. The number of aromatic nitrogens is 2. The Morgan fingerprint density at radius 2 is 1.74 bits per heavy atom. The zero-order chi connectivity index (χ0) is 19.1. The van der Waals surface area contributed by atoms with E-state index in [2.05, 4.69) is 20.6 Å². The van der Waals surface area contributed by atoms with Crippen molar-refractivity contribution >= 4 is 35.0 Å². The molecule has 27 heavy (non-hydrogen) atoms. The number of hydrogen-bond acceptors (Lipinski definition) is 7. The summed E-state index contributed by atoms with van der Waals surface area (Å²) in [5.74, 6) is -0.198. The van der Waals surface area contributed by atoms with E-state index in [0.717, 1.165) is 0 Å². The first-order chi connectivity index (χ1) is 13.1. The first-order valence-electron chi connectivity index (χ1n) is 8.51. The van der Waals surface area contributed by atoms with Crippen LogP contribution in [0.15, 0.2) is 36.0 Å². The summed E-state index contributed by atoms with van der Waals surface area (Å²) in [6.45, 7) is 2.12. The first kappa shape index (κ1) is 18.8. The highest BCUT2D eigenvalue weighted by Crippen LogP contribution is 2.09. The second-order valence-corrected chi connectivity index (χ2v) is 6.80. The van der Waals surface area contributed by atoms with Crippen molar-refractivity contribution in [2.75, 3.05) is 44.2 Å². The molecule has 0 saturated carbocycles. The number of carbonyl (C=O) groups excluding carboxylic acids is 3. The molecule has 3 heterocycles. The quantitative estimate of drug-likeness (QED) is 0.706. The Morgan fingerprint density at radius 3 is 2.41 bits per heavy atom. The number of piperazine rings is 1. The van der Waals surface area contributed by atoms with Crippen LogP contribution >= 0.6 is 11.3 Å². The predicted molar refractivity (Wildman–Crippen MR) is 100 cm³/mol. The largest absolute Gasteiger partial charge is 0.345 e. The number of amides is 3. The van der Waals surface area contributed by atoms with Crippen LogP contribution in [0.3, 0.4) is 0 Å². The number of anilines is 1. The number of nitrogens with one attached hydrogen (secondary N) is 2. The third-order valence-electron chi connectivity index (χ3n) is 4.06. The maximum atomic E-state index is 12.2. The molecular weight excluding hydrogens is 368 g/mol. The maximum Gasteiger partial charge on any atom is 0.261 e. The summed E-state index contributed by atoms with van der Waals surface area (Å²) in [6, 6.07) is 5.21. The first-order valence-corrected chi connectivity index (χ1v) is 9.39. The van der Waals surface area contributed by atoms with Crippen LogP contribution in [0.25, 0.3) is 0 Å². The molecule has 0 atom stereocenters. The van der Waals surface area contributed by atoms with E-state index >= 15 is 0 Å². The zero-order valence-corrected chi connectivity index (χ0v) is 15.4. The molecule has 0 unspecified atom stereocenters. The summed E-state index contributed by atoms with van der Waals surface area (Å²) >= 11 is 1.30. The summed E-state index contributed by atoms with van der Waals surface area (Å²) in [7, 11) is 0. The molecule has 142 valence electrons. The van der Waals surface area contributed by atoms with Gasteiger partial charge in [0, 0.05) is 38.6 Å². The van der Waals surface area contributed by atoms with Gasteiger partial charge in [0.2, 0.25) is 17.8 Å². The van der Waals surface area contributed by atoms with E-state index in [-0.39, 0.29) is 24.9 Å². The summed E-state index contributed by atoms with van der Waals surface area (Å²) in [5.41, 5.74) is 0. The van der Waals surface area contributed by atoms with Crippen molar-refractivity contribution in [1.82, 2.24) is 25.5 Å². The van der Waals surface area contributed by atoms with Crippen molar-refractivity contribution in [3.63, 3.8) is 0 Å². The van der Waals surface area contributed by atoms with Gasteiger partial charge in [-0.2, -0.15) is 0 Å². The van der Waals surface area contributed by atoms with E-state index in [1.807, 2.05) is 4.90 Å². The van der Waals surface area contributed by atoms with Gasteiger partial charge in [0.15, 0.2) is 0 Å². The van der Waals surface area contributed by atoms with E-state index < -0.39 is 5.91 Å². The Balaban J connectivity index is 1.36. The molecule has 0 aliphatic carbocycles. The second-order valence-electron chi connectivity index (χ2n) is 5.85. The lowest BCUT2D eigenvalue weighted by Gasteiger charge is -2.34. The molecule has 0 bridgehead atoms. The highest BCUT2D eigenvalue weighted by molar-refractivity contribution is 7.12. The standard InChI is InChI=1S/C17H20N6O3S/c24-14(11-21-16(26)13-3-1-10-27-13)20-12-15(25)22-6-8-23(9-7-22)17-18-4-2-5-19-17/h1-5,10H,6-9,11-12H2,(H,20,24)(H,21,26). The van der Waals surface area contributed by atoms with E-state index in [4.69, 9.17) is 0 Å². The Kier molecular flexibility index (Phi) is 6.31. The Hall–Kier alpha value is -3.01. The van der Waals surface area contributed by atoms with Gasteiger partial charge in [-0.05, 0) is 17.5 Å². The monoisotopic (exact) mass is 388 g/mol. The topological polar surface area (TPSA) is 108 Å². The normalized spacial score (nSPS) is 13.9. The van der Waals surface area contributed by atoms with Crippen LogP contribution in [0.4, 0.5) is 5.95 Å². The van der Waals surface area contributed by atoms with E-state index in [9.17, 15) is 14.4 Å². The van der Waals surface area contributed by atoms with Gasteiger partial charge in [-0.1, -0.05) is 6.07 Å². The van der Waals surface area contributed by atoms with Crippen LogP contribution in [0, 0.1) is 0 Å². The summed E-state index contributed by atoms with van der Waals surface area (Å²) in [4.78, 5) is 48.5. The lowest BCUT2D eigenvalue weighted by atomic mass is 10.3. The van der Waals surface area contributed by atoms with Crippen molar-refractivity contribution < 1.29 is 14.4 Å². The zero-order valence-electron chi connectivity index (χ0n) is 14.6. The molecule has 9 nitrogen and oxygen atoms in total. The molecule has 1 fully saturated rings. The molecule has 3 rings (SSSR count). The smallest absolute Gasteiger partial charge is 0.261 e. The molecule has 2 aromatic heterocycles. The van der Waals surface area contributed by atoms with Crippen LogP contribution in [-0.4, -0.2) is 71.9 Å². The molecule has 2 aromatic rings. The minimum atomic E-state index is -0.399. The van der Waals surface area contributed by atoms with Crippen LogP contribution < -0.4 is 15.5 Å². The number of hydrogen-bond donors (Lipinski definition) is 2. The van der Waals surface area contributed by atoms with Crippen molar-refractivity contribution in [3.05, 3.63) is 40.8 Å². The minimum Gasteiger partial charge on any atom is -0.345 e. The molecule has 3 amide bonds. The SMILES string of the molecule is O=C(CNC(=O)c1cccs1)NCC(=O)N1CCN(c2ncccn2)CC1. The second kappa shape index (κ2) is 9.08. The molecule has 10 heteroatoms. The van der Waals surface area contributed by atoms with Gasteiger partial charge in [-0.15, -0.1) is 11.3 Å². The maximum absolute atomic E-state index is 12.2. The number of rotatable bonds is 6. The third kappa shape index (κ3) is 5.23. The Morgan fingerprint density at radius 1 is 1.00 bits per heavy atom. The highest BCUT2D eigenvalue weighted by Gasteiger charge is 2.22. The van der Waals surface area contributed by atoms with E-state index in [1.165, 1.54) is 11.3 Å². The van der Waals surface area contributed by atoms with E-state index in [1.54, 1.807) is 40.9 Å². The van der Waals surface area contributed by atoms with E-state index in [0.29, 0.717) is 37.0 Å². The van der Waals surface area contributed by atoms with Crippen LogP contribution in [0.5, 0.6) is 0 Å². The molecule has 1 aliphatic rings. The van der Waals surface area contributed by atoms with Crippen LogP contribution in [0.2, 0.25) is 0 Å². The summed E-state index contributed by atoms with van der Waals surface area (Å²) in [5, 5.41) is 6.86. The van der Waals surface area contributed by atoms with Gasteiger partial charge in [-0.3, -0.25) is 14.4 Å². The molecule has 1 saturated heterocycles. The Labute approximate surface area is 160 Å². The van der Waals surface area contributed by atoms with Gasteiger partial charge >= 0.3 is 0 Å². The molecule has 2 N–H and O–H groups in total. The van der Waals surface area contributed by atoms with Gasteiger partial charge < -0.3 is 20.4 Å². The fourth-order valence-corrected chi connectivity index (χ4v) is 3.25. The number of carbonyl (C=O) groups is 3. The molecule has 0 aromatic carbocycles. The van der Waals surface area contributed by atoms with Gasteiger partial charge in [0.05, 0.1) is 18.0 Å². The van der Waals surface area contributed by atoms with Gasteiger partial charge in [-0.25, -0.2) is 9.97 Å².